The zero-order valence-electron chi connectivity index (χ0n) is 38.6. The average Bonchev–Trinajstić information content (AvgIpc) is 3.22. The van der Waals surface area contributed by atoms with Gasteiger partial charge in [0.25, 0.3) is 0 Å². The maximum absolute atomic E-state index is 12.7. The number of esters is 2. The van der Waals surface area contributed by atoms with E-state index in [1.165, 1.54) is 128 Å². The van der Waals surface area contributed by atoms with Crippen LogP contribution in [0.25, 0.3) is 0 Å². The van der Waals surface area contributed by atoms with E-state index in [-0.39, 0.29) is 25.2 Å². The van der Waals surface area contributed by atoms with E-state index in [1.807, 2.05) is 0 Å². The van der Waals surface area contributed by atoms with Crippen molar-refractivity contribution >= 4 is 11.9 Å². The first-order chi connectivity index (χ1) is 28.6. The fourth-order valence-electron chi connectivity index (χ4n) is 6.85. The van der Waals surface area contributed by atoms with Crippen LogP contribution in [0.3, 0.4) is 0 Å². The second-order valence-corrected chi connectivity index (χ2v) is 16.3. The lowest BCUT2D eigenvalue weighted by Gasteiger charge is -2.18. The number of carbonyl (C=O) groups excluding carboxylic acids is 2. The van der Waals surface area contributed by atoms with E-state index in [9.17, 15) is 9.59 Å². The van der Waals surface area contributed by atoms with Gasteiger partial charge in [0.2, 0.25) is 0 Å². The number of unbranched alkanes of at least 4 members (excludes halogenated alkanes) is 24. The van der Waals surface area contributed by atoms with E-state index in [2.05, 4.69) is 81.5 Å². The molecule has 5 heteroatoms. The molecule has 0 spiro atoms. The highest BCUT2D eigenvalue weighted by atomic mass is 16.6. The summed E-state index contributed by atoms with van der Waals surface area (Å²) in [4.78, 5) is 25.3. The van der Waals surface area contributed by atoms with Crippen LogP contribution in [0.2, 0.25) is 0 Å². The normalized spacial score (nSPS) is 12.7. The topological polar surface area (TPSA) is 61.8 Å². The number of hydrogen-bond acceptors (Lipinski definition) is 5. The summed E-state index contributed by atoms with van der Waals surface area (Å²) in [7, 11) is 0. The number of carbonyl (C=O) groups is 2. The van der Waals surface area contributed by atoms with E-state index in [1.54, 1.807) is 0 Å². The van der Waals surface area contributed by atoms with E-state index in [4.69, 9.17) is 14.2 Å². The van der Waals surface area contributed by atoms with Gasteiger partial charge in [0.15, 0.2) is 6.10 Å². The second kappa shape index (κ2) is 49.0. The van der Waals surface area contributed by atoms with E-state index >= 15 is 0 Å². The standard InChI is InChI=1S/C53H94O5/c1-4-7-10-13-16-19-21-23-25-27-28-30-32-35-37-40-43-46-52(54)57-50-51(58-53(55)47-44-41-38-34-18-15-12-9-6-3)49-56-48-45-42-39-36-33-31-29-26-24-22-20-17-14-11-8-5-2/h7,10,16-17,19-20,23-26,51H,4-6,8-9,11-15,18,21-22,27-50H2,1-3H3/b10-7-,19-16-,20-17-,25-23-,26-24-. The molecule has 0 amide bonds. The molecule has 0 N–H and O–H groups in total. The predicted octanol–water partition coefficient (Wildman–Crippen LogP) is 16.6. The highest BCUT2D eigenvalue weighted by molar-refractivity contribution is 5.70. The Bertz CT molecular complexity index is 1010. The summed E-state index contributed by atoms with van der Waals surface area (Å²) >= 11 is 0. The van der Waals surface area contributed by atoms with Crippen molar-refractivity contribution in [3.63, 3.8) is 0 Å². The molecule has 336 valence electrons. The summed E-state index contributed by atoms with van der Waals surface area (Å²) in [6.07, 6.45) is 60.8. The highest BCUT2D eigenvalue weighted by Crippen LogP contribution is 2.14. The van der Waals surface area contributed by atoms with Gasteiger partial charge in [-0.1, -0.05) is 204 Å². The number of hydrogen-bond donors (Lipinski definition) is 0. The average molecular weight is 811 g/mol. The molecule has 0 radical (unpaired) electrons. The van der Waals surface area contributed by atoms with Crippen LogP contribution in [-0.4, -0.2) is 37.9 Å². The van der Waals surface area contributed by atoms with Gasteiger partial charge in [-0.25, -0.2) is 0 Å². The zero-order chi connectivity index (χ0) is 42.1. The van der Waals surface area contributed by atoms with E-state index in [0.29, 0.717) is 19.4 Å². The van der Waals surface area contributed by atoms with Gasteiger partial charge in [0, 0.05) is 19.4 Å². The summed E-state index contributed by atoms with van der Waals surface area (Å²) in [5.41, 5.74) is 0. The van der Waals surface area contributed by atoms with Crippen LogP contribution in [0.1, 0.15) is 239 Å². The molecular weight excluding hydrogens is 717 g/mol. The van der Waals surface area contributed by atoms with Gasteiger partial charge in [0.05, 0.1) is 6.61 Å². The Morgan fingerprint density at radius 3 is 1.28 bits per heavy atom. The van der Waals surface area contributed by atoms with Crippen molar-refractivity contribution in [3.8, 4) is 0 Å². The minimum atomic E-state index is -0.543. The van der Waals surface area contributed by atoms with Crippen LogP contribution in [-0.2, 0) is 23.8 Å². The van der Waals surface area contributed by atoms with Crippen molar-refractivity contribution in [1.29, 1.82) is 0 Å². The summed E-state index contributed by atoms with van der Waals surface area (Å²) in [6, 6.07) is 0. The van der Waals surface area contributed by atoms with E-state index < -0.39 is 6.10 Å². The van der Waals surface area contributed by atoms with Crippen LogP contribution in [0.15, 0.2) is 60.8 Å². The Morgan fingerprint density at radius 2 is 0.776 bits per heavy atom. The first-order valence-electron chi connectivity index (χ1n) is 24.8. The predicted molar refractivity (Wildman–Crippen MR) is 251 cm³/mol. The lowest BCUT2D eigenvalue weighted by molar-refractivity contribution is -0.163. The van der Waals surface area contributed by atoms with Gasteiger partial charge in [-0.3, -0.25) is 9.59 Å². The number of rotatable bonds is 45. The van der Waals surface area contributed by atoms with Gasteiger partial charge < -0.3 is 14.2 Å². The highest BCUT2D eigenvalue weighted by Gasteiger charge is 2.17. The quantitative estimate of drug-likeness (QED) is 0.0348. The SMILES string of the molecule is CC/C=C\C/C=C\C/C=C\CCCCCCCCCC(=O)OCC(COCCCCCCCC/C=C\C/C=C\CCCCC)OC(=O)CCCCCCCCCCC. The molecule has 1 atom stereocenters. The molecule has 0 aliphatic heterocycles. The Kier molecular flexibility index (Phi) is 46.9. The summed E-state index contributed by atoms with van der Waals surface area (Å²) in [5.74, 6) is -0.412. The minimum absolute atomic E-state index is 0.0765. The molecule has 0 fully saturated rings. The summed E-state index contributed by atoms with van der Waals surface area (Å²) in [6.45, 7) is 7.66. The molecule has 0 rings (SSSR count). The fraction of sp³-hybridized carbons (Fsp3) is 0.774. The molecule has 5 nitrogen and oxygen atoms in total. The third-order valence-corrected chi connectivity index (χ3v) is 10.5. The third kappa shape index (κ3) is 46.3. The monoisotopic (exact) mass is 811 g/mol. The molecule has 1 unspecified atom stereocenters. The van der Waals surface area contributed by atoms with Crippen molar-refractivity contribution in [2.75, 3.05) is 19.8 Å². The molecule has 0 aromatic rings. The molecule has 0 aliphatic rings. The van der Waals surface area contributed by atoms with Crippen molar-refractivity contribution in [1.82, 2.24) is 0 Å². The lowest BCUT2D eigenvalue weighted by atomic mass is 10.1. The van der Waals surface area contributed by atoms with Crippen molar-refractivity contribution in [2.45, 2.75) is 245 Å². The summed E-state index contributed by atoms with van der Waals surface area (Å²) < 4.78 is 17.3. The Balaban J connectivity index is 4.22. The maximum atomic E-state index is 12.7. The van der Waals surface area contributed by atoms with Gasteiger partial charge in [-0.05, 0) is 83.5 Å². The number of allylic oxidation sites excluding steroid dienone is 10. The Labute approximate surface area is 360 Å². The summed E-state index contributed by atoms with van der Waals surface area (Å²) in [5, 5.41) is 0. The molecule has 0 aromatic carbocycles. The van der Waals surface area contributed by atoms with Crippen molar-refractivity contribution in [2.24, 2.45) is 0 Å². The van der Waals surface area contributed by atoms with Crippen LogP contribution in [0.4, 0.5) is 0 Å². The molecule has 0 saturated carbocycles. The smallest absolute Gasteiger partial charge is 0.306 e. The molecule has 0 aromatic heterocycles. The fourth-order valence-corrected chi connectivity index (χ4v) is 6.85. The largest absolute Gasteiger partial charge is 0.462 e. The first-order valence-corrected chi connectivity index (χ1v) is 24.8. The van der Waals surface area contributed by atoms with Crippen LogP contribution < -0.4 is 0 Å². The third-order valence-electron chi connectivity index (χ3n) is 10.5. The minimum Gasteiger partial charge on any atom is -0.462 e. The zero-order valence-corrected chi connectivity index (χ0v) is 38.6. The first kappa shape index (κ1) is 55.6. The number of ether oxygens (including phenoxy) is 3. The Hall–Kier alpha value is -2.40. The van der Waals surface area contributed by atoms with Gasteiger partial charge in [-0.2, -0.15) is 0 Å². The van der Waals surface area contributed by atoms with Crippen molar-refractivity contribution < 1.29 is 23.8 Å². The van der Waals surface area contributed by atoms with Gasteiger partial charge in [0.1, 0.15) is 6.61 Å². The second-order valence-electron chi connectivity index (χ2n) is 16.3. The van der Waals surface area contributed by atoms with Gasteiger partial charge >= 0.3 is 11.9 Å². The van der Waals surface area contributed by atoms with Crippen LogP contribution in [0, 0.1) is 0 Å². The molecule has 58 heavy (non-hydrogen) atoms. The Morgan fingerprint density at radius 1 is 0.397 bits per heavy atom. The maximum Gasteiger partial charge on any atom is 0.306 e. The molecule has 0 heterocycles. The molecule has 0 aliphatic carbocycles. The lowest BCUT2D eigenvalue weighted by Crippen LogP contribution is -2.30. The molecule has 0 saturated heterocycles. The van der Waals surface area contributed by atoms with Gasteiger partial charge in [-0.15, -0.1) is 0 Å². The van der Waals surface area contributed by atoms with E-state index in [0.717, 1.165) is 77.0 Å². The van der Waals surface area contributed by atoms with Crippen LogP contribution >= 0.6 is 0 Å². The molecular formula is C53H94O5. The van der Waals surface area contributed by atoms with Crippen LogP contribution in [0.5, 0.6) is 0 Å². The van der Waals surface area contributed by atoms with Crippen molar-refractivity contribution in [3.05, 3.63) is 60.8 Å². The molecule has 0 bridgehead atoms.